The lowest BCUT2D eigenvalue weighted by Crippen LogP contribution is -2.35. The number of carbonyl (C=O) groups is 3. The van der Waals surface area contributed by atoms with Crippen molar-refractivity contribution in [2.45, 2.75) is 32.5 Å². The van der Waals surface area contributed by atoms with Crippen molar-refractivity contribution in [2.75, 3.05) is 6.61 Å². The van der Waals surface area contributed by atoms with Crippen molar-refractivity contribution in [2.24, 2.45) is 23.7 Å². The van der Waals surface area contributed by atoms with E-state index in [9.17, 15) is 14.4 Å². The van der Waals surface area contributed by atoms with Gasteiger partial charge in [-0.3, -0.25) is 14.4 Å². The highest BCUT2D eigenvalue weighted by Gasteiger charge is 2.66. The molecule has 2 saturated carbocycles. The zero-order valence-corrected chi connectivity index (χ0v) is 10.8. The van der Waals surface area contributed by atoms with Crippen LogP contribution in [-0.4, -0.2) is 36.7 Å². The maximum absolute atomic E-state index is 11.7. The maximum atomic E-state index is 11.7. The number of hydrogen-bond donors (Lipinski definition) is 0. The molecule has 3 aliphatic rings. The molecule has 6 atom stereocenters. The summed E-state index contributed by atoms with van der Waals surface area (Å²) in [7, 11) is 0. The van der Waals surface area contributed by atoms with E-state index in [2.05, 4.69) is 0 Å². The molecular weight excluding hydrogens is 252 g/mol. The summed E-state index contributed by atoms with van der Waals surface area (Å²) in [5.74, 6) is -1.33. The van der Waals surface area contributed by atoms with E-state index in [0.29, 0.717) is 13.0 Å². The van der Waals surface area contributed by atoms with Crippen LogP contribution in [0.2, 0.25) is 0 Å². The van der Waals surface area contributed by atoms with Crippen molar-refractivity contribution in [3.05, 3.63) is 0 Å². The number of esters is 3. The lowest BCUT2D eigenvalue weighted by Gasteiger charge is -2.27. The fourth-order valence-electron chi connectivity index (χ4n) is 4.02. The standard InChI is InChI=1S/C13H16O6/c1-5(14)18-9-3-7-10-8(4-17-13(10)16)11(9)12(7)19-6(2)15/h7-12H,3-4H2,1-2H3/t7-,8-,9-,10+,11-,12-/m1/s1. The molecule has 1 saturated heterocycles. The van der Waals surface area contributed by atoms with Crippen LogP contribution < -0.4 is 0 Å². The summed E-state index contributed by atoms with van der Waals surface area (Å²) >= 11 is 0. The Morgan fingerprint density at radius 1 is 1.16 bits per heavy atom. The van der Waals surface area contributed by atoms with Crippen LogP contribution in [0.3, 0.4) is 0 Å². The fraction of sp³-hybridized carbons (Fsp3) is 0.769. The molecule has 0 aromatic rings. The second kappa shape index (κ2) is 4.21. The Morgan fingerprint density at radius 3 is 2.47 bits per heavy atom. The van der Waals surface area contributed by atoms with Gasteiger partial charge in [-0.05, 0) is 6.42 Å². The van der Waals surface area contributed by atoms with E-state index in [0.717, 1.165) is 0 Å². The van der Waals surface area contributed by atoms with Crippen molar-refractivity contribution in [1.29, 1.82) is 0 Å². The third-order valence-electron chi connectivity index (χ3n) is 4.46. The van der Waals surface area contributed by atoms with Crippen molar-refractivity contribution < 1.29 is 28.6 Å². The lowest BCUT2D eigenvalue weighted by atomic mass is 9.80. The average Bonchev–Trinajstić information content (AvgIpc) is 2.89. The Kier molecular flexibility index (Phi) is 2.76. The highest BCUT2D eigenvalue weighted by molar-refractivity contribution is 5.77. The van der Waals surface area contributed by atoms with Crippen LogP contribution in [0.4, 0.5) is 0 Å². The minimum atomic E-state index is -0.364. The van der Waals surface area contributed by atoms with Crippen molar-refractivity contribution in [3.8, 4) is 0 Å². The highest BCUT2D eigenvalue weighted by Crippen LogP contribution is 2.57. The fourth-order valence-corrected chi connectivity index (χ4v) is 4.02. The molecular formula is C13H16O6. The summed E-state index contributed by atoms with van der Waals surface area (Å²) in [6.07, 6.45) is -0.0364. The molecule has 6 heteroatoms. The van der Waals surface area contributed by atoms with E-state index >= 15 is 0 Å². The van der Waals surface area contributed by atoms with Gasteiger partial charge in [0.05, 0.1) is 12.5 Å². The quantitative estimate of drug-likeness (QED) is 0.529. The predicted molar refractivity (Wildman–Crippen MR) is 60.6 cm³/mol. The summed E-state index contributed by atoms with van der Waals surface area (Å²) in [5, 5.41) is 0. The molecule has 3 rings (SSSR count). The third-order valence-corrected chi connectivity index (χ3v) is 4.46. The van der Waals surface area contributed by atoms with Gasteiger partial charge in [0.1, 0.15) is 12.2 Å². The van der Waals surface area contributed by atoms with Crippen LogP contribution in [0.25, 0.3) is 0 Å². The molecule has 2 bridgehead atoms. The number of ether oxygens (including phenoxy) is 3. The smallest absolute Gasteiger partial charge is 0.309 e. The minimum absolute atomic E-state index is 0.0000463. The molecule has 2 aliphatic carbocycles. The number of carbonyl (C=O) groups excluding carboxylic acids is 3. The first-order valence-corrected chi connectivity index (χ1v) is 6.50. The SMILES string of the molecule is CC(=O)O[C@@H]1[C@@H]2C[C@@H](OC(C)=O)[C@H]1[C@@H]1COC(=O)[C@H]12. The van der Waals surface area contributed by atoms with Crippen LogP contribution in [0.15, 0.2) is 0 Å². The topological polar surface area (TPSA) is 78.9 Å². The van der Waals surface area contributed by atoms with Gasteiger partial charge in [0.15, 0.2) is 0 Å². The molecule has 0 amide bonds. The molecule has 0 unspecified atom stereocenters. The second-order valence-electron chi connectivity index (χ2n) is 5.52. The van der Waals surface area contributed by atoms with Crippen LogP contribution in [0.5, 0.6) is 0 Å². The monoisotopic (exact) mass is 268 g/mol. The van der Waals surface area contributed by atoms with E-state index in [1.807, 2.05) is 0 Å². The first kappa shape index (κ1) is 12.4. The van der Waals surface area contributed by atoms with E-state index in [1.54, 1.807) is 0 Å². The minimum Gasteiger partial charge on any atom is -0.465 e. The highest BCUT2D eigenvalue weighted by atomic mass is 16.6. The average molecular weight is 268 g/mol. The van der Waals surface area contributed by atoms with Gasteiger partial charge < -0.3 is 14.2 Å². The second-order valence-corrected chi connectivity index (χ2v) is 5.52. The normalized spacial score (nSPS) is 42.7. The maximum Gasteiger partial charge on any atom is 0.309 e. The molecule has 0 radical (unpaired) electrons. The Morgan fingerprint density at radius 2 is 1.84 bits per heavy atom. The zero-order chi connectivity index (χ0) is 13.7. The van der Waals surface area contributed by atoms with Crippen LogP contribution in [0.1, 0.15) is 20.3 Å². The van der Waals surface area contributed by atoms with Gasteiger partial charge in [-0.25, -0.2) is 0 Å². The molecule has 3 fully saturated rings. The molecule has 6 nitrogen and oxygen atoms in total. The number of hydrogen-bond acceptors (Lipinski definition) is 6. The van der Waals surface area contributed by atoms with Gasteiger partial charge in [-0.1, -0.05) is 0 Å². The molecule has 1 aliphatic heterocycles. The van der Waals surface area contributed by atoms with Gasteiger partial charge in [-0.2, -0.15) is 0 Å². The first-order chi connectivity index (χ1) is 8.99. The molecule has 0 aromatic heterocycles. The van der Waals surface area contributed by atoms with Crippen LogP contribution in [0, 0.1) is 23.7 Å². The Bertz CT molecular complexity index is 444. The Hall–Kier alpha value is -1.59. The number of fused-ring (bicyclic) bond motifs is 5. The van der Waals surface area contributed by atoms with E-state index in [1.165, 1.54) is 13.8 Å². The summed E-state index contributed by atoms with van der Waals surface area (Å²) in [6.45, 7) is 3.05. The molecule has 1 heterocycles. The molecule has 19 heavy (non-hydrogen) atoms. The number of rotatable bonds is 2. The van der Waals surface area contributed by atoms with Gasteiger partial charge in [-0.15, -0.1) is 0 Å². The van der Waals surface area contributed by atoms with E-state index in [4.69, 9.17) is 14.2 Å². The van der Waals surface area contributed by atoms with Crippen LogP contribution >= 0.6 is 0 Å². The molecule has 0 N–H and O–H groups in total. The third kappa shape index (κ3) is 1.81. The lowest BCUT2D eigenvalue weighted by molar-refractivity contribution is -0.155. The van der Waals surface area contributed by atoms with Gasteiger partial charge in [0.25, 0.3) is 0 Å². The van der Waals surface area contributed by atoms with Gasteiger partial charge in [0, 0.05) is 31.6 Å². The molecule has 0 aromatic carbocycles. The largest absolute Gasteiger partial charge is 0.465 e. The summed E-state index contributed by atoms with van der Waals surface area (Å²) in [6, 6.07) is 0. The van der Waals surface area contributed by atoms with Gasteiger partial charge in [0.2, 0.25) is 0 Å². The van der Waals surface area contributed by atoms with Crippen molar-refractivity contribution >= 4 is 17.9 Å². The van der Waals surface area contributed by atoms with Crippen molar-refractivity contribution in [1.82, 2.24) is 0 Å². The Labute approximate surface area is 110 Å². The first-order valence-electron chi connectivity index (χ1n) is 6.50. The predicted octanol–water partition coefficient (Wildman–Crippen LogP) is 0.289. The zero-order valence-electron chi connectivity index (χ0n) is 10.8. The van der Waals surface area contributed by atoms with Gasteiger partial charge >= 0.3 is 17.9 Å². The number of cyclic esters (lactones) is 1. The van der Waals surface area contributed by atoms with E-state index in [-0.39, 0.29) is 53.8 Å². The van der Waals surface area contributed by atoms with Crippen LogP contribution in [-0.2, 0) is 28.6 Å². The summed E-state index contributed by atoms with van der Waals surface area (Å²) < 4.78 is 15.7. The molecule has 104 valence electrons. The van der Waals surface area contributed by atoms with E-state index < -0.39 is 0 Å². The Balaban J connectivity index is 1.85. The van der Waals surface area contributed by atoms with Crippen molar-refractivity contribution in [3.63, 3.8) is 0 Å². The summed E-state index contributed by atoms with van der Waals surface area (Å²) in [5.41, 5.74) is 0. The summed E-state index contributed by atoms with van der Waals surface area (Å²) in [4.78, 5) is 34.1. The molecule has 0 spiro atoms.